The van der Waals surface area contributed by atoms with E-state index < -0.39 is 0 Å². The number of amides is 1. The molecule has 1 amide bonds. The molecule has 0 unspecified atom stereocenters. The molecule has 84 valence electrons. The summed E-state index contributed by atoms with van der Waals surface area (Å²) in [7, 11) is 0. The molecule has 1 N–H and O–H groups in total. The van der Waals surface area contributed by atoms with E-state index in [0.29, 0.717) is 17.0 Å². The van der Waals surface area contributed by atoms with Crippen molar-refractivity contribution in [2.45, 2.75) is 12.8 Å². The number of carbonyl (C=O) groups is 1. The minimum Gasteiger partial charge on any atom is -0.355 e. The first-order valence-corrected chi connectivity index (χ1v) is 5.09. The van der Waals surface area contributed by atoms with Gasteiger partial charge >= 0.3 is 0 Å². The molecule has 0 aliphatic heterocycles. The van der Waals surface area contributed by atoms with Crippen molar-refractivity contribution in [1.29, 1.82) is 5.26 Å². The zero-order valence-corrected chi connectivity index (χ0v) is 9.22. The number of nitrogens with one attached hydrogen (secondary N) is 1. The van der Waals surface area contributed by atoms with Gasteiger partial charge in [0.25, 0.3) is 0 Å². The second kappa shape index (κ2) is 6.09. The van der Waals surface area contributed by atoms with Crippen LogP contribution in [0.2, 0.25) is 5.02 Å². The predicted octanol–water partition coefficient (Wildman–Crippen LogP) is 2.05. The number of benzene rings is 1. The lowest BCUT2D eigenvalue weighted by Crippen LogP contribution is -2.25. The molecule has 1 rings (SSSR count). The summed E-state index contributed by atoms with van der Waals surface area (Å²) < 4.78 is 13.3. The van der Waals surface area contributed by atoms with Crippen molar-refractivity contribution in [2.75, 3.05) is 6.54 Å². The van der Waals surface area contributed by atoms with E-state index in [2.05, 4.69) is 5.32 Å². The van der Waals surface area contributed by atoms with Crippen molar-refractivity contribution >= 4 is 17.5 Å². The van der Waals surface area contributed by atoms with E-state index in [1.165, 1.54) is 12.1 Å². The molecular formula is C11H10ClFN2O. The summed E-state index contributed by atoms with van der Waals surface area (Å²) >= 11 is 5.80. The van der Waals surface area contributed by atoms with E-state index in [0.717, 1.165) is 0 Å². The van der Waals surface area contributed by atoms with Crippen LogP contribution in [0.15, 0.2) is 18.2 Å². The van der Waals surface area contributed by atoms with Crippen LogP contribution in [0.4, 0.5) is 4.39 Å². The molecule has 1 aromatic rings. The molecule has 0 spiro atoms. The summed E-state index contributed by atoms with van der Waals surface area (Å²) in [5.41, 5.74) is 0.376. The molecule has 1 aromatic carbocycles. The second-order valence-electron chi connectivity index (χ2n) is 3.14. The zero-order chi connectivity index (χ0) is 12.0. The summed E-state index contributed by atoms with van der Waals surface area (Å²) in [6.07, 6.45) is 0.119. The third-order valence-electron chi connectivity index (χ3n) is 2.00. The fraction of sp³-hybridized carbons (Fsp3) is 0.273. The first kappa shape index (κ1) is 12.5. The van der Waals surface area contributed by atoms with Crippen LogP contribution in [0.5, 0.6) is 0 Å². The normalized spacial score (nSPS) is 9.56. The zero-order valence-electron chi connectivity index (χ0n) is 8.46. The van der Waals surface area contributed by atoms with Gasteiger partial charge in [-0.15, -0.1) is 0 Å². The highest BCUT2D eigenvalue weighted by Crippen LogP contribution is 2.18. The van der Waals surface area contributed by atoms with Crippen LogP contribution in [0.25, 0.3) is 0 Å². The van der Waals surface area contributed by atoms with Gasteiger partial charge in [0, 0.05) is 17.1 Å². The Labute approximate surface area is 97.8 Å². The summed E-state index contributed by atoms with van der Waals surface area (Å²) in [6.45, 7) is 0.265. The third-order valence-corrected chi connectivity index (χ3v) is 2.35. The van der Waals surface area contributed by atoms with Crippen LogP contribution in [0, 0.1) is 17.1 Å². The molecule has 0 atom stereocenters. The van der Waals surface area contributed by atoms with Gasteiger partial charge in [0.15, 0.2) is 0 Å². The number of nitriles is 1. The van der Waals surface area contributed by atoms with Gasteiger partial charge in [0.05, 0.1) is 6.07 Å². The van der Waals surface area contributed by atoms with Crippen LogP contribution in [0.3, 0.4) is 0 Å². The van der Waals surface area contributed by atoms with Crippen molar-refractivity contribution in [3.63, 3.8) is 0 Å². The maximum absolute atomic E-state index is 13.3. The molecule has 0 aromatic heterocycles. The van der Waals surface area contributed by atoms with Crippen LogP contribution >= 0.6 is 11.6 Å². The number of carbonyl (C=O) groups excluding carboxylic acids is 1. The Morgan fingerprint density at radius 2 is 2.31 bits per heavy atom. The Balaban J connectivity index is 2.50. The summed E-state index contributed by atoms with van der Waals surface area (Å²) in [4.78, 5) is 10.9. The number of nitrogens with zero attached hydrogens (tertiary/aromatic N) is 1. The minimum atomic E-state index is -0.387. The van der Waals surface area contributed by atoms with Crippen molar-refractivity contribution in [2.24, 2.45) is 0 Å². The van der Waals surface area contributed by atoms with Crippen LogP contribution in [-0.4, -0.2) is 12.5 Å². The molecule has 0 heterocycles. The number of rotatable bonds is 4. The number of hydrogen-bond donors (Lipinski definition) is 1. The van der Waals surface area contributed by atoms with Gasteiger partial charge in [-0.05, 0) is 18.6 Å². The van der Waals surface area contributed by atoms with E-state index in [4.69, 9.17) is 16.9 Å². The fourth-order valence-electron chi connectivity index (χ4n) is 1.23. The monoisotopic (exact) mass is 240 g/mol. The first-order chi connectivity index (χ1) is 7.65. The quantitative estimate of drug-likeness (QED) is 0.876. The molecule has 0 saturated heterocycles. The van der Waals surface area contributed by atoms with Gasteiger partial charge in [0.2, 0.25) is 5.91 Å². The fourth-order valence-corrected chi connectivity index (χ4v) is 1.49. The Morgan fingerprint density at radius 3 is 2.94 bits per heavy atom. The topological polar surface area (TPSA) is 52.9 Å². The predicted molar refractivity (Wildman–Crippen MR) is 58.4 cm³/mol. The summed E-state index contributed by atoms with van der Waals surface area (Å²) in [5, 5.41) is 11.1. The minimum absolute atomic E-state index is 0.189. The number of hydrogen-bond acceptors (Lipinski definition) is 2. The van der Waals surface area contributed by atoms with E-state index in [1.54, 1.807) is 12.1 Å². The average Bonchev–Trinajstić information content (AvgIpc) is 2.23. The highest BCUT2D eigenvalue weighted by molar-refractivity contribution is 6.31. The van der Waals surface area contributed by atoms with E-state index >= 15 is 0 Å². The third kappa shape index (κ3) is 3.52. The largest absolute Gasteiger partial charge is 0.355 e. The summed E-state index contributed by atoms with van der Waals surface area (Å²) in [6, 6.07) is 6.16. The van der Waals surface area contributed by atoms with Gasteiger partial charge in [-0.25, -0.2) is 4.39 Å². The SMILES string of the molecule is N#CCC(=O)NCCc1c(F)cccc1Cl. The molecule has 0 saturated carbocycles. The molecule has 3 nitrogen and oxygen atoms in total. The lowest BCUT2D eigenvalue weighted by atomic mass is 10.1. The molecule has 0 bridgehead atoms. The lowest BCUT2D eigenvalue weighted by Gasteiger charge is -2.06. The van der Waals surface area contributed by atoms with E-state index in [1.807, 2.05) is 0 Å². The molecular weight excluding hydrogens is 231 g/mol. The molecule has 0 aliphatic carbocycles. The first-order valence-electron chi connectivity index (χ1n) is 4.71. The Kier molecular flexibility index (Phi) is 4.74. The smallest absolute Gasteiger partial charge is 0.234 e. The molecule has 5 heteroatoms. The van der Waals surface area contributed by atoms with Crippen LogP contribution in [-0.2, 0) is 11.2 Å². The Hall–Kier alpha value is -1.60. The molecule has 0 fully saturated rings. The lowest BCUT2D eigenvalue weighted by molar-refractivity contribution is -0.120. The van der Waals surface area contributed by atoms with Crippen molar-refractivity contribution < 1.29 is 9.18 Å². The molecule has 16 heavy (non-hydrogen) atoms. The van der Waals surface area contributed by atoms with Crippen molar-refractivity contribution in [3.05, 3.63) is 34.6 Å². The van der Waals surface area contributed by atoms with Crippen molar-refractivity contribution in [1.82, 2.24) is 5.32 Å². The van der Waals surface area contributed by atoms with Crippen molar-refractivity contribution in [3.8, 4) is 6.07 Å². The molecule has 0 radical (unpaired) electrons. The standard InChI is InChI=1S/C11H10ClFN2O/c12-9-2-1-3-10(13)8(9)5-7-15-11(16)4-6-14/h1-3H,4-5,7H2,(H,15,16). The van der Waals surface area contributed by atoms with Gasteiger partial charge in [-0.3, -0.25) is 4.79 Å². The Bertz CT molecular complexity index is 408. The maximum atomic E-state index is 13.3. The maximum Gasteiger partial charge on any atom is 0.234 e. The molecule has 0 aliphatic rings. The number of halogens is 2. The second-order valence-corrected chi connectivity index (χ2v) is 3.54. The van der Waals surface area contributed by atoms with Crippen LogP contribution < -0.4 is 5.32 Å². The van der Waals surface area contributed by atoms with Gasteiger partial charge < -0.3 is 5.32 Å². The average molecular weight is 241 g/mol. The highest BCUT2D eigenvalue weighted by atomic mass is 35.5. The van der Waals surface area contributed by atoms with Gasteiger partial charge in [0.1, 0.15) is 12.2 Å². The van der Waals surface area contributed by atoms with E-state index in [9.17, 15) is 9.18 Å². The van der Waals surface area contributed by atoms with Gasteiger partial charge in [-0.2, -0.15) is 5.26 Å². The Morgan fingerprint density at radius 1 is 1.56 bits per heavy atom. The van der Waals surface area contributed by atoms with E-state index in [-0.39, 0.29) is 24.7 Å². The highest BCUT2D eigenvalue weighted by Gasteiger charge is 2.07. The van der Waals surface area contributed by atoms with Crippen LogP contribution in [0.1, 0.15) is 12.0 Å². The summed E-state index contributed by atoms with van der Waals surface area (Å²) in [5.74, 6) is -0.753. The van der Waals surface area contributed by atoms with Gasteiger partial charge in [-0.1, -0.05) is 17.7 Å².